The fourth-order valence-electron chi connectivity index (χ4n) is 3.87. The van der Waals surface area contributed by atoms with E-state index in [0.717, 1.165) is 16.0 Å². The Balaban J connectivity index is 1.64. The average molecular weight is 549 g/mol. The molecule has 1 aliphatic heterocycles. The van der Waals surface area contributed by atoms with E-state index in [9.17, 15) is 14.4 Å². The quantitative estimate of drug-likeness (QED) is 0.318. The number of benzene rings is 3. The van der Waals surface area contributed by atoms with Gasteiger partial charge in [-0.2, -0.15) is 0 Å². The molecule has 7 nitrogen and oxygen atoms in total. The summed E-state index contributed by atoms with van der Waals surface area (Å²) in [6.45, 7) is 6.23. The number of amides is 4. The summed E-state index contributed by atoms with van der Waals surface area (Å²) in [4.78, 5) is 39.3. The molecule has 184 valence electrons. The largest absolute Gasteiger partial charge is 0.493 e. The molecule has 1 heterocycles. The summed E-state index contributed by atoms with van der Waals surface area (Å²) in [6, 6.07) is 15.7. The highest BCUT2D eigenvalue weighted by atomic mass is 79.9. The van der Waals surface area contributed by atoms with E-state index in [1.54, 1.807) is 43.3 Å². The van der Waals surface area contributed by atoms with Crippen molar-refractivity contribution >= 4 is 45.5 Å². The predicted octanol–water partition coefficient (Wildman–Crippen LogP) is 5.63. The van der Waals surface area contributed by atoms with Crippen molar-refractivity contribution in [2.75, 3.05) is 12.0 Å². The number of methoxy groups -OCH3 is 1. The van der Waals surface area contributed by atoms with Gasteiger partial charge in [-0.25, -0.2) is 9.69 Å². The number of urea groups is 1. The zero-order valence-electron chi connectivity index (χ0n) is 20.3. The molecule has 0 spiro atoms. The Morgan fingerprint density at radius 2 is 1.69 bits per heavy atom. The van der Waals surface area contributed by atoms with Crippen LogP contribution in [0.4, 0.5) is 10.5 Å². The van der Waals surface area contributed by atoms with Gasteiger partial charge in [0.25, 0.3) is 11.8 Å². The lowest BCUT2D eigenvalue weighted by Crippen LogP contribution is -2.54. The number of rotatable bonds is 6. The highest BCUT2D eigenvalue weighted by Gasteiger charge is 2.37. The van der Waals surface area contributed by atoms with E-state index < -0.39 is 17.8 Å². The molecule has 0 aliphatic carbocycles. The van der Waals surface area contributed by atoms with Gasteiger partial charge < -0.3 is 9.47 Å². The van der Waals surface area contributed by atoms with E-state index in [-0.39, 0.29) is 5.57 Å². The Hall–Kier alpha value is -3.91. The zero-order chi connectivity index (χ0) is 26.0. The normalized spacial score (nSPS) is 14.8. The van der Waals surface area contributed by atoms with E-state index in [4.69, 9.17) is 9.47 Å². The maximum absolute atomic E-state index is 13.2. The first-order valence-electron chi connectivity index (χ1n) is 11.2. The molecule has 0 saturated carbocycles. The standard InChI is InChI=1S/C28H25BrN2O5/c1-16-9-10-19(11-18(16)3)15-36-25-22(29)13-20(14-24(25)35-4)12-21-26(32)30-28(34)31(27(21)33)23-8-6-5-7-17(23)2/h5-14H,15H2,1-4H3,(H,30,32,34)/b21-12+. The molecule has 1 fully saturated rings. The first-order chi connectivity index (χ1) is 17.2. The number of para-hydroxylation sites is 1. The molecule has 0 bridgehead atoms. The van der Waals surface area contributed by atoms with Crippen LogP contribution in [0.25, 0.3) is 6.08 Å². The second-order valence-electron chi connectivity index (χ2n) is 8.49. The fraction of sp³-hybridized carbons (Fsp3) is 0.179. The van der Waals surface area contributed by atoms with E-state index in [1.807, 2.05) is 19.1 Å². The number of hydrogen-bond donors (Lipinski definition) is 1. The van der Waals surface area contributed by atoms with Gasteiger partial charge in [0, 0.05) is 0 Å². The summed E-state index contributed by atoms with van der Waals surface area (Å²) in [5.41, 5.74) is 4.89. The summed E-state index contributed by atoms with van der Waals surface area (Å²) in [6.07, 6.45) is 1.43. The number of aryl methyl sites for hydroxylation is 3. The van der Waals surface area contributed by atoms with Gasteiger partial charge in [-0.3, -0.25) is 14.9 Å². The van der Waals surface area contributed by atoms with E-state index in [2.05, 4.69) is 34.2 Å². The maximum Gasteiger partial charge on any atom is 0.335 e. The third kappa shape index (κ3) is 5.04. The average Bonchev–Trinajstić information content (AvgIpc) is 2.84. The van der Waals surface area contributed by atoms with Crippen molar-refractivity contribution in [3.63, 3.8) is 0 Å². The van der Waals surface area contributed by atoms with Crippen LogP contribution < -0.4 is 19.7 Å². The predicted molar refractivity (Wildman–Crippen MR) is 141 cm³/mol. The molecule has 36 heavy (non-hydrogen) atoms. The maximum atomic E-state index is 13.2. The van der Waals surface area contributed by atoms with Gasteiger partial charge in [-0.1, -0.05) is 36.4 Å². The molecule has 0 atom stereocenters. The van der Waals surface area contributed by atoms with Crippen LogP contribution in [-0.2, 0) is 16.2 Å². The van der Waals surface area contributed by atoms with Crippen LogP contribution in [0, 0.1) is 20.8 Å². The third-order valence-corrected chi connectivity index (χ3v) is 6.56. The van der Waals surface area contributed by atoms with Gasteiger partial charge in [-0.05, 0) is 88.8 Å². The lowest BCUT2D eigenvalue weighted by molar-refractivity contribution is -0.122. The van der Waals surface area contributed by atoms with Gasteiger partial charge >= 0.3 is 6.03 Å². The summed E-state index contributed by atoms with van der Waals surface area (Å²) in [5.74, 6) is -0.548. The Labute approximate surface area is 217 Å². The molecular weight excluding hydrogens is 524 g/mol. The molecular formula is C28H25BrN2O5. The SMILES string of the molecule is COc1cc(/C=C2\C(=O)NC(=O)N(c3ccccc3C)C2=O)cc(Br)c1OCc1ccc(C)c(C)c1. The van der Waals surface area contributed by atoms with Crippen LogP contribution in [0.15, 0.2) is 64.6 Å². The van der Waals surface area contributed by atoms with Crippen LogP contribution >= 0.6 is 15.9 Å². The van der Waals surface area contributed by atoms with Crippen LogP contribution in [0.5, 0.6) is 11.5 Å². The van der Waals surface area contributed by atoms with Gasteiger partial charge in [-0.15, -0.1) is 0 Å². The summed E-state index contributed by atoms with van der Waals surface area (Å²) in [7, 11) is 1.51. The molecule has 1 saturated heterocycles. The topological polar surface area (TPSA) is 84.9 Å². The number of carbonyl (C=O) groups excluding carboxylic acids is 3. The number of nitrogens with zero attached hydrogens (tertiary/aromatic N) is 1. The van der Waals surface area contributed by atoms with Crippen molar-refractivity contribution < 1.29 is 23.9 Å². The molecule has 4 amide bonds. The third-order valence-electron chi connectivity index (χ3n) is 5.98. The van der Waals surface area contributed by atoms with Crippen LogP contribution in [0.3, 0.4) is 0 Å². The zero-order valence-corrected chi connectivity index (χ0v) is 21.9. The van der Waals surface area contributed by atoms with Gasteiger partial charge in [0.2, 0.25) is 0 Å². The lowest BCUT2D eigenvalue weighted by atomic mass is 10.1. The Morgan fingerprint density at radius 3 is 2.39 bits per heavy atom. The minimum absolute atomic E-state index is 0.171. The number of hydrogen-bond acceptors (Lipinski definition) is 5. The molecule has 0 radical (unpaired) electrons. The molecule has 0 aromatic heterocycles. The first kappa shape index (κ1) is 25.2. The van der Waals surface area contributed by atoms with Crippen molar-refractivity contribution in [2.45, 2.75) is 27.4 Å². The van der Waals surface area contributed by atoms with Gasteiger partial charge in [0.05, 0.1) is 17.3 Å². The number of nitrogens with one attached hydrogen (secondary N) is 1. The number of carbonyl (C=O) groups is 3. The van der Waals surface area contributed by atoms with Crippen LogP contribution in [0.2, 0.25) is 0 Å². The van der Waals surface area contributed by atoms with Crippen molar-refractivity contribution in [1.82, 2.24) is 5.32 Å². The lowest BCUT2D eigenvalue weighted by Gasteiger charge is -2.27. The molecule has 1 aliphatic rings. The van der Waals surface area contributed by atoms with E-state index in [1.165, 1.54) is 24.3 Å². The highest BCUT2D eigenvalue weighted by molar-refractivity contribution is 9.10. The number of anilines is 1. The Bertz CT molecular complexity index is 1410. The number of halogens is 1. The number of ether oxygens (including phenoxy) is 2. The smallest absolute Gasteiger partial charge is 0.335 e. The summed E-state index contributed by atoms with van der Waals surface area (Å²) >= 11 is 3.52. The number of imide groups is 2. The molecule has 0 unspecified atom stereocenters. The molecule has 1 N–H and O–H groups in total. The van der Waals surface area contributed by atoms with Gasteiger partial charge in [0.1, 0.15) is 12.2 Å². The van der Waals surface area contributed by atoms with Crippen molar-refractivity contribution in [2.24, 2.45) is 0 Å². The Kier molecular flexibility index (Phi) is 7.26. The Morgan fingerprint density at radius 1 is 0.944 bits per heavy atom. The molecule has 3 aromatic carbocycles. The monoisotopic (exact) mass is 548 g/mol. The molecule has 4 rings (SSSR count). The van der Waals surface area contributed by atoms with E-state index in [0.29, 0.717) is 33.8 Å². The molecule has 3 aromatic rings. The van der Waals surface area contributed by atoms with Crippen molar-refractivity contribution in [1.29, 1.82) is 0 Å². The number of barbiturate groups is 1. The summed E-state index contributed by atoms with van der Waals surface area (Å²) < 4.78 is 12.2. The minimum atomic E-state index is -0.787. The van der Waals surface area contributed by atoms with Crippen LogP contribution in [-0.4, -0.2) is 25.0 Å². The second-order valence-corrected chi connectivity index (χ2v) is 9.34. The van der Waals surface area contributed by atoms with Crippen LogP contribution in [0.1, 0.15) is 27.8 Å². The molecule has 8 heteroatoms. The highest BCUT2D eigenvalue weighted by Crippen LogP contribution is 2.38. The van der Waals surface area contributed by atoms with Gasteiger partial charge in [0.15, 0.2) is 11.5 Å². The fourth-order valence-corrected chi connectivity index (χ4v) is 4.44. The summed E-state index contributed by atoms with van der Waals surface area (Å²) in [5, 5.41) is 2.25. The minimum Gasteiger partial charge on any atom is -0.493 e. The first-order valence-corrected chi connectivity index (χ1v) is 12.0. The van der Waals surface area contributed by atoms with Crippen molar-refractivity contribution in [3.8, 4) is 11.5 Å². The van der Waals surface area contributed by atoms with E-state index >= 15 is 0 Å². The second kappa shape index (κ2) is 10.4. The van der Waals surface area contributed by atoms with Crippen molar-refractivity contribution in [3.05, 3.63) is 92.5 Å².